The average molecular weight is 812 g/mol. The van der Waals surface area contributed by atoms with Crippen molar-refractivity contribution in [2.24, 2.45) is 22.0 Å². The van der Waals surface area contributed by atoms with Crippen molar-refractivity contribution in [3.05, 3.63) is 0 Å². The first kappa shape index (κ1) is 51.2. The zero-order valence-corrected chi connectivity index (χ0v) is 32.6. The average Bonchev–Trinajstić information content (AvgIpc) is 2.77. The number of carbonyl (C=O) groups is 4. The Bertz CT molecular complexity index is 612. The molecule has 0 fully saturated rings. The number of carbonyl (C=O) groups excluding carboxylic acids is 4. The Kier molecular flexibility index (Phi) is 36.4. The van der Waals surface area contributed by atoms with Gasteiger partial charge in [0.15, 0.2) is 0 Å². The molecule has 2 radical (unpaired) electrons. The van der Waals surface area contributed by atoms with Crippen LogP contribution in [0.2, 0.25) is 0 Å². The summed E-state index contributed by atoms with van der Waals surface area (Å²) in [6.45, 7) is 21.9. The van der Waals surface area contributed by atoms with Crippen LogP contribution in [-0.4, -0.2) is 56.8 Å². The van der Waals surface area contributed by atoms with Crippen LogP contribution in [0.4, 0.5) is 4.79 Å². The van der Waals surface area contributed by atoms with E-state index in [0.29, 0.717) is 22.9 Å². The van der Waals surface area contributed by atoms with Crippen LogP contribution < -0.4 is 21.1 Å². The smallest absolute Gasteiger partial charge is 0.550 e. The maximum atomic E-state index is 10.0. The van der Waals surface area contributed by atoms with Crippen LogP contribution in [0.3, 0.4) is 0 Å². The third kappa shape index (κ3) is 73.9. The fourth-order valence-electron chi connectivity index (χ4n) is 3.45. The second kappa shape index (κ2) is 30.6. The van der Waals surface area contributed by atoms with Gasteiger partial charge in [-0.3, -0.25) is 0 Å². The number of nitrogens with two attached hydrogens (primary N) is 1. The van der Waals surface area contributed by atoms with Crippen LogP contribution in [0.25, 0.3) is 0 Å². The quantitative estimate of drug-likeness (QED) is 0.169. The molecule has 0 bridgehead atoms. The molecule has 9 nitrogen and oxygen atoms in total. The maximum Gasteiger partial charge on any atom is 3.00 e. The van der Waals surface area contributed by atoms with E-state index in [-0.39, 0.29) is 45.5 Å². The number of unbranched alkanes of at least 4 members (excludes halogenated alkanes) is 6. The van der Waals surface area contributed by atoms with E-state index < -0.39 is 24.0 Å². The largest absolute Gasteiger partial charge is 3.00 e. The summed E-state index contributed by atoms with van der Waals surface area (Å²) in [6, 6.07) is 0. The summed E-state index contributed by atoms with van der Waals surface area (Å²) in [5.74, 6) is -2.78. The summed E-state index contributed by atoms with van der Waals surface area (Å²) in [6.07, 6.45) is 12.1. The summed E-state index contributed by atoms with van der Waals surface area (Å²) < 4.78 is 4.18. The van der Waals surface area contributed by atoms with E-state index in [4.69, 9.17) is 0 Å². The molecule has 0 aliphatic heterocycles. The molecule has 43 heavy (non-hydrogen) atoms. The number of aliphatic carboxylic acids is 3. The Labute approximate surface area is 282 Å². The van der Waals surface area contributed by atoms with Crippen molar-refractivity contribution in [2.75, 3.05) is 6.61 Å². The molecular formula is C33H64BiNO8. The van der Waals surface area contributed by atoms with E-state index in [1.165, 1.54) is 19.3 Å². The van der Waals surface area contributed by atoms with Crippen molar-refractivity contribution < 1.29 is 39.2 Å². The van der Waals surface area contributed by atoms with E-state index in [0.717, 1.165) is 57.8 Å². The topological polar surface area (TPSA) is 173 Å². The third-order valence-electron chi connectivity index (χ3n) is 5.71. The zero-order chi connectivity index (χ0) is 33.8. The van der Waals surface area contributed by atoms with Crippen molar-refractivity contribution in [3.63, 3.8) is 0 Å². The summed E-state index contributed by atoms with van der Waals surface area (Å²) in [7, 11) is 0. The Morgan fingerprint density at radius 3 is 0.860 bits per heavy atom. The SMILES string of the molecule is CC(C)(C)CCCCCC(=O)[O-].CC(C)(C)CCCCCC(=O)[O-].CC(C)(C)CCCCCC(=O)[O-].CCOC(N)=O.[Bi+3]. The number of rotatable bonds is 16. The number of primary amides is 1. The first-order valence-electron chi connectivity index (χ1n) is 15.5. The molecule has 0 aromatic rings. The molecule has 10 heteroatoms. The summed E-state index contributed by atoms with van der Waals surface area (Å²) in [5.41, 5.74) is 5.67. The minimum absolute atomic E-state index is 0. The summed E-state index contributed by atoms with van der Waals surface area (Å²) in [5, 5.41) is 30.1. The van der Waals surface area contributed by atoms with Crippen LogP contribution in [0, 0.1) is 16.2 Å². The summed E-state index contributed by atoms with van der Waals surface area (Å²) >= 11 is 0. The third-order valence-corrected chi connectivity index (χ3v) is 5.71. The monoisotopic (exact) mass is 811 g/mol. The van der Waals surface area contributed by atoms with Gasteiger partial charge < -0.3 is 40.2 Å². The molecule has 0 heterocycles. The fourth-order valence-corrected chi connectivity index (χ4v) is 3.45. The second-order valence-corrected chi connectivity index (χ2v) is 14.2. The molecule has 1 amide bonds. The molecule has 0 saturated carbocycles. The number of carboxylic acid groups (broad SMARTS) is 3. The van der Waals surface area contributed by atoms with Gasteiger partial charge in [-0.2, -0.15) is 0 Å². The second-order valence-electron chi connectivity index (χ2n) is 14.2. The predicted molar refractivity (Wildman–Crippen MR) is 170 cm³/mol. The van der Waals surface area contributed by atoms with Crippen molar-refractivity contribution in [1.82, 2.24) is 0 Å². The molecule has 254 valence electrons. The van der Waals surface area contributed by atoms with Crippen LogP contribution in [-0.2, 0) is 19.1 Å². The Balaban J connectivity index is -0.000000152. The first-order chi connectivity index (χ1) is 19.0. The minimum Gasteiger partial charge on any atom is -0.550 e. The van der Waals surface area contributed by atoms with E-state index in [2.05, 4.69) is 72.8 Å². The standard InChI is InChI=1S/3C10H20O2.C3H7NO2.Bi/c3*1-10(2,3)8-6-4-5-7-9(11)12;1-2-6-3(4)5;/h3*4-8H2,1-3H3,(H,11,12);2H2,1H3,(H2,4,5);/q;;;;+3/p-3. The molecule has 0 atom stereocenters. The van der Waals surface area contributed by atoms with E-state index in [1.807, 2.05) is 0 Å². The van der Waals surface area contributed by atoms with E-state index in [9.17, 15) is 34.5 Å². The van der Waals surface area contributed by atoms with Crippen LogP contribution in [0.15, 0.2) is 0 Å². The van der Waals surface area contributed by atoms with E-state index in [1.54, 1.807) is 6.92 Å². The molecule has 0 aliphatic carbocycles. The Hall–Kier alpha value is -1.44. The molecular weight excluding hydrogens is 747 g/mol. The number of carboxylic acids is 3. The van der Waals surface area contributed by atoms with Gasteiger partial charge in [-0.15, -0.1) is 0 Å². The molecule has 0 spiro atoms. The first-order valence-corrected chi connectivity index (χ1v) is 15.5. The summed E-state index contributed by atoms with van der Waals surface area (Å²) in [4.78, 5) is 39.7. The molecule has 0 aromatic heterocycles. The molecule has 0 rings (SSSR count). The molecule has 0 saturated heterocycles. The van der Waals surface area contributed by atoms with Crippen LogP contribution in [0.5, 0.6) is 0 Å². The van der Waals surface area contributed by atoms with Gasteiger partial charge in [-0.25, -0.2) is 4.79 Å². The van der Waals surface area contributed by atoms with Gasteiger partial charge in [0.25, 0.3) is 0 Å². The predicted octanol–water partition coefficient (Wildman–Crippen LogP) is 4.92. The van der Waals surface area contributed by atoms with Gasteiger partial charge in [0.05, 0.1) is 6.61 Å². The minimum atomic E-state index is -0.925. The van der Waals surface area contributed by atoms with Crippen molar-refractivity contribution in [2.45, 2.75) is 166 Å². The zero-order valence-electron chi connectivity index (χ0n) is 29.1. The van der Waals surface area contributed by atoms with Crippen molar-refractivity contribution in [3.8, 4) is 0 Å². The molecule has 2 N–H and O–H groups in total. The number of ether oxygens (including phenoxy) is 1. The van der Waals surface area contributed by atoms with Gasteiger partial charge in [0.1, 0.15) is 0 Å². The number of hydrogen-bond donors (Lipinski definition) is 1. The van der Waals surface area contributed by atoms with Crippen LogP contribution >= 0.6 is 0 Å². The van der Waals surface area contributed by atoms with Gasteiger partial charge in [0, 0.05) is 17.9 Å². The Morgan fingerprint density at radius 2 is 0.744 bits per heavy atom. The normalized spacial score (nSPS) is 10.7. The molecule has 0 aliphatic rings. The van der Waals surface area contributed by atoms with Gasteiger partial charge in [-0.05, 0) is 81.0 Å². The van der Waals surface area contributed by atoms with Gasteiger partial charge >= 0.3 is 32.3 Å². The van der Waals surface area contributed by atoms with Gasteiger partial charge in [-0.1, -0.05) is 101 Å². The van der Waals surface area contributed by atoms with Crippen LogP contribution in [0.1, 0.15) is 166 Å². The maximum absolute atomic E-state index is 10.0. The number of hydrogen-bond acceptors (Lipinski definition) is 8. The van der Waals surface area contributed by atoms with Gasteiger partial charge in [0.2, 0.25) is 0 Å². The molecule has 0 unspecified atom stereocenters. The Morgan fingerprint density at radius 1 is 0.512 bits per heavy atom. The van der Waals surface area contributed by atoms with Crippen molar-refractivity contribution in [1.29, 1.82) is 0 Å². The van der Waals surface area contributed by atoms with Crippen molar-refractivity contribution >= 4 is 50.2 Å². The number of amides is 1. The fraction of sp³-hybridized carbons (Fsp3) is 0.879. The molecule has 0 aromatic carbocycles. The van der Waals surface area contributed by atoms with E-state index >= 15 is 0 Å².